The molecule has 0 aliphatic carbocycles. The number of nitrogens with zero attached hydrogens (tertiary/aromatic N) is 1. The molecule has 2 fully saturated rings. The summed E-state index contributed by atoms with van der Waals surface area (Å²) in [7, 11) is 2.29. The number of amides is 1. The Bertz CT molecular complexity index is 487. The van der Waals surface area contributed by atoms with Crippen molar-refractivity contribution < 1.29 is 4.79 Å². The maximum absolute atomic E-state index is 11.2. The Morgan fingerprint density at radius 2 is 2.10 bits per heavy atom. The first-order valence-electron chi connectivity index (χ1n) is 7.92. The Morgan fingerprint density at radius 3 is 2.76 bits per heavy atom. The minimum Gasteiger partial charge on any atom is -0.325 e. The second-order valence-corrected chi connectivity index (χ2v) is 7.39. The van der Waals surface area contributed by atoms with Gasteiger partial charge in [-0.2, -0.15) is 0 Å². The van der Waals surface area contributed by atoms with Crippen molar-refractivity contribution in [2.45, 2.75) is 63.7 Å². The second kappa shape index (κ2) is 6.46. The van der Waals surface area contributed by atoms with Crippen LogP contribution in [0.2, 0.25) is 0 Å². The van der Waals surface area contributed by atoms with E-state index in [2.05, 4.69) is 22.6 Å². The Morgan fingerprint density at radius 1 is 1.38 bits per heavy atom. The van der Waals surface area contributed by atoms with Crippen molar-refractivity contribution in [3.8, 4) is 0 Å². The first kappa shape index (κ1) is 15.0. The molecule has 3 heterocycles. The number of rotatable bonds is 4. The normalized spacial score (nSPS) is 29.3. The van der Waals surface area contributed by atoms with Crippen LogP contribution in [0.4, 0.5) is 5.69 Å². The molecule has 2 unspecified atom stereocenters. The zero-order valence-corrected chi connectivity index (χ0v) is 13.7. The van der Waals surface area contributed by atoms with E-state index in [1.54, 1.807) is 18.3 Å². The fraction of sp³-hybridized carbons (Fsp3) is 0.688. The number of anilines is 1. The smallest absolute Gasteiger partial charge is 0.221 e. The van der Waals surface area contributed by atoms with Gasteiger partial charge in [0.05, 0.1) is 5.69 Å². The molecule has 2 N–H and O–H groups in total. The molecule has 0 aromatic carbocycles. The largest absolute Gasteiger partial charge is 0.325 e. The van der Waals surface area contributed by atoms with Crippen molar-refractivity contribution in [2.75, 3.05) is 12.4 Å². The summed E-state index contributed by atoms with van der Waals surface area (Å²) < 4.78 is 0. The fourth-order valence-corrected chi connectivity index (χ4v) is 4.58. The van der Waals surface area contributed by atoms with Gasteiger partial charge in [0.15, 0.2) is 0 Å². The van der Waals surface area contributed by atoms with Crippen LogP contribution in [0.3, 0.4) is 0 Å². The zero-order chi connectivity index (χ0) is 14.8. The Kier molecular flexibility index (Phi) is 4.62. The molecule has 2 aliphatic heterocycles. The highest BCUT2D eigenvalue weighted by Crippen LogP contribution is 2.33. The highest BCUT2D eigenvalue weighted by atomic mass is 32.1. The molecule has 21 heavy (non-hydrogen) atoms. The molecule has 0 spiro atoms. The first-order valence-corrected chi connectivity index (χ1v) is 8.80. The summed E-state index contributed by atoms with van der Waals surface area (Å²) in [6.07, 6.45) is 6.61. The summed E-state index contributed by atoms with van der Waals surface area (Å²) in [4.78, 5) is 15.0. The van der Waals surface area contributed by atoms with Crippen molar-refractivity contribution in [3.05, 3.63) is 16.3 Å². The lowest BCUT2D eigenvalue weighted by Crippen LogP contribution is -2.54. The highest BCUT2D eigenvalue weighted by Gasteiger charge is 2.35. The van der Waals surface area contributed by atoms with Gasteiger partial charge in [-0.3, -0.25) is 4.79 Å². The number of hydrogen-bond donors (Lipinski definition) is 2. The summed E-state index contributed by atoms with van der Waals surface area (Å²) in [6, 6.07) is 4.12. The van der Waals surface area contributed by atoms with Crippen LogP contribution >= 0.6 is 11.3 Å². The van der Waals surface area contributed by atoms with Crippen molar-refractivity contribution in [1.29, 1.82) is 0 Å². The summed E-state index contributed by atoms with van der Waals surface area (Å²) in [6.45, 7) is 2.42. The van der Waals surface area contributed by atoms with Gasteiger partial charge in [-0.25, -0.2) is 0 Å². The van der Waals surface area contributed by atoms with Gasteiger partial charge in [-0.05, 0) is 44.2 Å². The Labute approximate surface area is 130 Å². The molecular formula is C16H25N3OS. The molecule has 1 amide bonds. The topological polar surface area (TPSA) is 44.4 Å². The monoisotopic (exact) mass is 307 g/mol. The highest BCUT2D eigenvalue weighted by molar-refractivity contribution is 7.10. The summed E-state index contributed by atoms with van der Waals surface area (Å²) in [5, 5.41) is 8.68. The Hall–Kier alpha value is -0.910. The summed E-state index contributed by atoms with van der Waals surface area (Å²) in [5.74, 6) is 0.00322. The van der Waals surface area contributed by atoms with E-state index >= 15 is 0 Å². The number of carbonyl (C=O) groups excluding carboxylic acids is 1. The number of nitrogens with one attached hydrogen (secondary N) is 2. The molecule has 2 saturated heterocycles. The van der Waals surface area contributed by atoms with E-state index in [1.807, 2.05) is 11.4 Å². The minimum atomic E-state index is 0.00322. The number of piperidine rings is 2. The average molecular weight is 307 g/mol. The summed E-state index contributed by atoms with van der Waals surface area (Å²) in [5.41, 5.74) is 0.966. The van der Waals surface area contributed by atoms with Crippen LogP contribution in [-0.4, -0.2) is 36.0 Å². The van der Waals surface area contributed by atoms with Crippen LogP contribution < -0.4 is 10.6 Å². The van der Waals surface area contributed by atoms with Gasteiger partial charge in [-0.1, -0.05) is 6.42 Å². The van der Waals surface area contributed by atoms with Crippen molar-refractivity contribution >= 4 is 22.9 Å². The lowest BCUT2D eigenvalue weighted by Gasteiger charge is -2.47. The minimum absolute atomic E-state index is 0.00322. The van der Waals surface area contributed by atoms with Crippen LogP contribution in [0.1, 0.15) is 43.9 Å². The van der Waals surface area contributed by atoms with Gasteiger partial charge in [0.25, 0.3) is 0 Å². The SMILES string of the molecule is CC(=O)Nc1ccsc1CNC1CC2CCCC(C1)N2C. The van der Waals surface area contributed by atoms with Crippen molar-refractivity contribution in [3.63, 3.8) is 0 Å². The molecule has 2 atom stereocenters. The lowest BCUT2D eigenvalue weighted by atomic mass is 9.82. The van der Waals surface area contributed by atoms with E-state index < -0.39 is 0 Å². The molecular weight excluding hydrogens is 282 g/mol. The molecule has 4 nitrogen and oxygen atoms in total. The number of carbonyl (C=O) groups is 1. The predicted octanol–water partition coefficient (Wildman–Crippen LogP) is 2.81. The third-order valence-electron chi connectivity index (χ3n) is 4.95. The van der Waals surface area contributed by atoms with Gasteiger partial charge < -0.3 is 15.5 Å². The standard InChI is InChI=1S/C16H25N3OS/c1-11(20)18-15-6-7-21-16(15)10-17-12-8-13-4-3-5-14(9-12)19(13)2/h6-7,12-14,17H,3-5,8-10H2,1-2H3,(H,18,20). The Balaban J connectivity index is 1.56. The molecule has 0 saturated carbocycles. The molecule has 5 heteroatoms. The van der Waals surface area contributed by atoms with Crippen LogP contribution in [0.5, 0.6) is 0 Å². The summed E-state index contributed by atoms with van der Waals surface area (Å²) >= 11 is 1.71. The van der Waals surface area contributed by atoms with Gasteiger partial charge in [0, 0.05) is 36.5 Å². The van der Waals surface area contributed by atoms with E-state index in [-0.39, 0.29) is 5.91 Å². The van der Waals surface area contributed by atoms with E-state index in [1.165, 1.54) is 37.0 Å². The second-order valence-electron chi connectivity index (χ2n) is 6.39. The molecule has 2 aliphatic rings. The predicted molar refractivity (Wildman–Crippen MR) is 87.7 cm³/mol. The van der Waals surface area contributed by atoms with Gasteiger partial charge >= 0.3 is 0 Å². The molecule has 1 aromatic rings. The van der Waals surface area contributed by atoms with Gasteiger partial charge in [-0.15, -0.1) is 11.3 Å². The molecule has 1 aromatic heterocycles. The quantitative estimate of drug-likeness (QED) is 0.899. The van der Waals surface area contributed by atoms with E-state index in [0.717, 1.165) is 24.3 Å². The van der Waals surface area contributed by atoms with Crippen molar-refractivity contribution in [2.24, 2.45) is 0 Å². The third-order valence-corrected chi connectivity index (χ3v) is 5.87. The first-order chi connectivity index (χ1) is 10.1. The number of thiophene rings is 1. The number of hydrogen-bond acceptors (Lipinski definition) is 4. The maximum Gasteiger partial charge on any atom is 0.221 e. The van der Waals surface area contributed by atoms with Crippen LogP contribution in [-0.2, 0) is 11.3 Å². The van der Waals surface area contributed by atoms with Crippen LogP contribution in [0, 0.1) is 0 Å². The zero-order valence-electron chi connectivity index (χ0n) is 12.9. The number of fused-ring (bicyclic) bond motifs is 2. The molecule has 2 bridgehead atoms. The maximum atomic E-state index is 11.2. The fourth-order valence-electron chi connectivity index (χ4n) is 3.80. The van der Waals surface area contributed by atoms with Crippen LogP contribution in [0.25, 0.3) is 0 Å². The van der Waals surface area contributed by atoms with E-state index in [0.29, 0.717) is 6.04 Å². The van der Waals surface area contributed by atoms with Gasteiger partial charge in [0.2, 0.25) is 5.91 Å². The lowest BCUT2D eigenvalue weighted by molar-refractivity contribution is -0.114. The van der Waals surface area contributed by atoms with E-state index in [9.17, 15) is 4.79 Å². The molecule has 0 radical (unpaired) electrons. The average Bonchev–Trinajstić information content (AvgIpc) is 2.83. The van der Waals surface area contributed by atoms with Crippen LogP contribution in [0.15, 0.2) is 11.4 Å². The third kappa shape index (κ3) is 3.47. The molecule has 3 rings (SSSR count). The van der Waals surface area contributed by atoms with Gasteiger partial charge in [0.1, 0.15) is 0 Å². The van der Waals surface area contributed by atoms with Crippen molar-refractivity contribution in [1.82, 2.24) is 10.2 Å². The molecule has 116 valence electrons. The van der Waals surface area contributed by atoms with E-state index in [4.69, 9.17) is 0 Å².